The van der Waals surface area contributed by atoms with Crippen molar-refractivity contribution in [3.8, 4) is 0 Å². The SMILES string of the molecule is CC(C)c1ccc(S(=O)(=O)N2CCCn3cnc(CNS(C)(=O)=O)c3C2)cc1. The van der Waals surface area contributed by atoms with E-state index in [4.69, 9.17) is 0 Å². The van der Waals surface area contributed by atoms with Gasteiger partial charge in [0.25, 0.3) is 0 Å². The average molecular weight is 427 g/mol. The lowest BCUT2D eigenvalue weighted by Crippen LogP contribution is -2.31. The molecule has 8 nitrogen and oxygen atoms in total. The fourth-order valence-electron chi connectivity index (χ4n) is 3.21. The van der Waals surface area contributed by atoms with E-state index >= 15 is 0 Å². The Morgan fingerprint density at radius 2 is 1.79 bits per heavy atom. The van der Waals surface area contributed by atoms with Gasteiger partial charge in [0, 0.05) is 13.1 Å². The lowest BCUT2D eigenvalue weighted by molar-refractivity contribution is 0.408. The maximum Gasteiger partial charge on any atom is 0.243 e. The maximum atomic E-state index is 13.2. The van der Waals surface area contributed by atoms with Crippen molar-refractivity contribution in [2.45, 2.75) is 50.7 Å². The minimum atomic E-state index is -3.65. The Labute approximate surface area is 166 Å². The third kappa shape index (κ3) is 4.62. The van der Waals surface area contributed by atoms with Crippen molar-refractivity contribution in [3.63, 3.8) is 0 Å². The predicted octanol–water partition coefficient (Wildman–Crippen LogP) is 1.65. The van der Waals surface area contributed by atoms with Gasteiger partial charge in [0.15, 0.2) is 0 Å². The number of imidazole rings is 1. The number of fused-ring (bicyclic) bond motifs is 1. The molecule has 0 radical (unpaired) electrons. The first kappa shape index (κ1) is 21.0. The average Bonchev–Trinajstić information content (AvgIpc) is 2.87. The fourth-order valence-corrected chi connectivity index (χ4v) is 5.05. The summed E-state index contributed by atoms with van der Waals surface area (Å²) in [5.41, 5.74) is 2.35. The minimum Gasteiger partial charge on any atom is -0.333 e. The van der Waals surface area contributed by atoms with Crippen molar-refractivity contribution in [3.05, 3.63) is 47.5 Å². The van der Waals surface area contributed by atoms with Gasteiger partial charge in [-0.25, -0.2) is 26.5 Å². The van der Waals surface area contributed by atoms with Gasteiger partial charge in [-0.3, -0.25) is 0 Å². The first-order valence-corrected chi connectivity index (χ1v) is 12.5. The van der Waals surface area contributed by atoms with E-state index in [1.54, 1.807) is 18.5 Å². The molecule has 2 aromatic rings. The zero-order chi connectivity index (χ0) is 20.5. The molecule has 0 amide bonds. The smallest absolute Gasteiger partial charge is 0.243 e. The van der Waals surface area contributed by atoms with Gasteiger partial charge in [-0.1, -0.05) is 26.0 Å². The molecule has 0 unspecified atom stereocenters. The van der Waals surface area contributed by atoms with Gasteiger partial charge in [-0.2, -0.15) is 4.31 Å². The van der Waals surface area contributed by atoms with E-state index < -0.39 is 20.0 Å². The summed E-state index contributed by atoms with van der Waals surface area (Å²) in [5.74, 6) is 0.328. The number of aryl methyl sites for hydroxylation is 1. The van der Waals surface area contributed by atoms with Crippen molar-refractivity contribution >= 4 is 20.0 Å². The first-order valence-electron chi connectivity index (χ1n) is 9.15. The number of rotatable bonds is 6. The highest BCUT2D eigenvalue weighted by molar-refractivity contribution is 7.89. The number of nitrogens with zero attached hydrogens (tertiary/aromatic N) is 3. The summed E-state index contributed by atoms with van der Waals surface area (Å²) in [7, 11) is -7.02. The van der Waals surface area contributed by atoms with Crippen LogP contribution < -0.4 is 4.72 Å². The van der Waals surface area contributed by atoms with Crippen LogP contribution in [-0.2, 0) is 39.7 Å². The molecule has 1 aromatic heterocycles. The van der Waals surface area contributed by atoms with Crippen LogP contribution in [0.3, 0.4) is 0 Å². The Balaban J connectivity index is 1.87. The van der Waals surface area contributed by atoms with Crippen molar-refractivity contribution in [1.82, 2.24) is 18.6 Å². The zero-order valence-corrected chi connectivity index (χ0v) is 17.9. The lowest BCUT2D eigenvalue weighted by Gasteiger charge is -2.20. The number of hydrogen-bond acceptors (Lipinski definition) is 5. The molecule has 28 heavy (non-hydrogen) atoms. The summed E-state index contributed by atoms with van der Waals surface area (Å²) in [4.78, 5) is 4.54. The second-order valence-corrected chi connectivity index (χ2v) is 11.1. The van der Waals surface area contributed by atoms with Gasteiger partial charge in [0.1, 0.15) is 0 Å². The molecule has 0 spiro atoms. The summed E-state index contributed by atoms with van der Waals surface area (Å²) >= 11 is 0. The van der Waals surface area contributed by atoms with Gasteiger partial charge in [0.2, 0.25) is 20.0 Å². The fraction of sp³-hybridized carbons (Fsp3) is 0.500. The van der Waals surface area contributed by atoms with Gasteiger partial charge in [-0.05, 0) is 30.0 Å². The molecular weight excluding hydrogens is 400 g/mol. The largest absolute Gasteiger partial charge is 0.333 e. The normalized spacial score (nSPS) is 16.1. The van der Waals surface area contributed by atoms with Crippen LogP contribution in [0.2, 0.25) is 0 Å². The second kappa shape index (κ2) is 7.94. The molecule has 0 saturated heterocycles. The van der Waals surface area contributed by atoms with Crippen LogP contribution in [-0.4, -0.2) is 43.5 Å². The molecule has 2 heterocycles. The van der Waals surface area contributed by atoms with Crippen LogP contribution in [0, 0.1) is 0 Å². The number of benzene rings is 1. The number of nitrogens with one attached hydrogen (secondary N) is 1. The van der Waals surface area contributed by atoms with Gasteiger partial charge >= 0.3 is 0 Å². The topological polar surface area (TPSA) is 101 Å². The molecule has 10 heteroatoms. The minimum absolute atomic E-state index is 0.0398. The monoisotopic (exact) mass is 426 g/mol. The summed E-state index contributed by atoms with van der Waals surface area (Å²) in [6.07, 6.45) is 3.38. The van der Waals surface area contributed by atoms with Crippen LogP contribution in [0.5, 0.6) is 0 Å². The molecule has 1 N–H and O–H groups in total. The van der Waals surface area contributed by atoms with Crippen LogP contribution in [0.4, 0.5) is 0 Å². The van der Waals surface area contributed by atoms with Crippen LogP contribution in [0.15, 0.2) is 35.5 Å². The maximum absolute atomic E-state index is 13.2. The van der Waals surface area contributed by atoms with Gasteiger partial charge in [-0.15, -0.1) is 0 Å². The number of aromatic nitrogens is 2. The summed E-state index contributed by atoms with van der Waals surface area (Å²) in [6.45, 7) is 5.36. The molecule has 0 aliphatic carbocycles. The van der Waals surface area contributed by atoms with Crippen LogP contribution >= 0.6 is 0 Å². The Morgan fingerprint density at radius 1 is 1.11 bits per heavy atom. The molecule has 3 rings (SSSR count). The van der Waals surface area contributed by atoms with Crippen molar-refractivity contribution in [1.29, 1.82) is 0 Å². The standard InChI is InChI=1S/C18H26N4O4S2/c1-14(2)15-5-7-16(8-6-15)28(25,26)22-10-4-9-21-13-19-17(18(21)12-22)11-20-27(3,23)24/h5-8,13-14,20H,4,9-12H2,1-3H3. The highest BCUT2D eigenvalue weighted by Crippen LogP contribution is 2.24. The van der Waals surface area contributed by atoms with Gasteiger partial charge < -0.3 is 4.57 Å². The van der Waals surface area contributed by atoms with E-state index in [1.807, 2.05) is 16.7 Å². The molecule has 1 aliphatic heterocycles. The van der Waals surface area contributed by atoms with Crippen molar-refractivity contribution in [2.75, 3.05) is 12.8 Å². The lowest BCUT2D eigenvalue weighted by atomic mass is 10.0. The van der Waals surface area contributed by atoms with E-state index in [1.165, 1.54) is 4.31 Å². The Kier molecular flexibility index (Phi) is 5.95. The highest BCUT2D eigenvalue weighted by atomic mass is 32.2. The van der Waals surface area contributed by atoms with Crippen LogP contribution in [0.1, 0.15) is 43.1 Å². The highest BCUT2D eigenvalue weighted by Gasteiger charge is 2.29. The van der Waals surface area contributed by atoms with E-state index in [0.717, 1.165) is 17.5 Å². The number of hydrogen-bond donors (Lipinski definition) is 1. The molecule has 1 aromatic carbocycles. The van der Waals surface area contributed by atoms with E-state index in [-0.39, 0.29) is 18.0 Å². The van der Waals surface area contributed by atoms with E-state index in [2.05, 4.69) is 23.6 Å². The second-order valence-electron chi connectivity index (χ2n) is 7.34. The van der Waals surface area contributed by atoms with Crippen LogP contribution in [0.25, 0.3) is 0 Å². The van der Waals surface area contributed by atoms with E-state index in [0.29, 0.717) is 31.1 Å². The molecular formula is C18H26N4O4S2. The van der Waals surface area contributed by atoms with Gasteiger partial charge in [0.05, 0.1) is 42.0 Å². The molecule has 0 atom stereocenters. The summed E-state index contributed by atoms with van der Waals surface area (Å²) < 4.78 is 54.9. The molecule has 0 fully saturated rings. The Morgan fingerprint density at radius 3 is 2.39 bits per heavy atom. The number of sulfonamides is 2. The Bertz CT molecular complexity index is 1040. The Hall–Kier alpha value is -1.75. The van der Waals surface area contributed by atoms with Crippen molar-refractivity contribution < 1.29 is 16.8 Å². The van der Waals surface area contributed by atoms with Crippen molar-refractivity contribution in [2.24, 2.45) is 0 Å². The predicted molar refractivity (Wildman–Crippen MR) is 107 cm³/mol. The molecule has 154 valence electrons. The molecule has 0 bridgehead atoms. The molecule has 0 saturated carbocycles. The van der Waals surface area contributed by atoms with E-state index in [9.17, 15) is 16.8 Å². The third-order valence-electron chi connectivity index (χ3n) is 4.85. The quantitative estimate of drug-likeness (QED) is 0.757. The zero-order valence-electron chi connectivity index (χ0n) is 16.3. The first-order chi connectivity index (χ1) is 13.1. The summed E-state index contributed by atoms with van der Waals surface area (Å²) in [6, 6.07) is 7.00. The third-order valence-corrected chi connectivity index (χ3v) is 7.38. The summed E-state index contributed by atoms with van der Waals surface area (Å²) in [5, 5.41) is 0. The molecule has 1 aliphatic rings.